The quantitative estimate of drug-likeness (QED) is 0.554. The number of aliphatic imine (C=N–C) groups is 1. The van der Waals surface area contributed by atoms with Gasteiger partial charge in [0, 0.05) is 38.7 Å². The van der Waals surface area contributed by atoms with E-state index in [9.17, 15) is 8.42 Å². The molecule has 1 aliphatic heterocycles. The van der Waals surface area contributed by atoms with Crippen molar-refractivity contribution in [2.45, 2.75) is 36.6 Å². The number of hydrogen-bond acceptors (Lipinski definition) is 5. The second-order valence-corrected chi connectivity index (χ2v) is 9.27. The number of nitrogens with one attached hydrogen (secondary N) is 2. The molecule has 1 aromatic rings. The smallest absolute Gasteiger partial charge is 0.252 e. The Hall–Kier alpha value is -1.16. The van der Waals surface area contributed by atoms with E-state index in [0.717, 1.165) is 43.4 Å². The number of nitrogens with zero attached hydrogens (tertiary/aromatic N) is 2. The normalized spacial score (nSPS) is 19.0. The monoisotopic (exact) mass is 374 g/mol. The highest BCUT2D eigenvalue weighted by molar-refractivity contribution is 7.91. The molecule has 136 valence electrons. The van der Waals surface area contributed by atoms with Crippen LogP contribution in [0.3, 0.4) is 0 Å². The van der Waals surface area contributed by atoms with E-state index in [-0.39, 0.29) is 6.10 Å². The number of sulfonamides is 1. The van der Waals surface area contributed by atoms with Gasteiger partial charge in [-0.25, -0.2) is 17.7 Å². The van der Waals surface area contributed by atoms with E-state index >= 15 is 0 Å². The van der Waals surface area contributed by atoms with Crippen molar-refractivity contribution >= 4 is 27.3 Å². The third-order valence-corrected chi connectivity index (χ3v) is 6.98. The lowest BCUT2D eigenvalue weighted by molar-refractivity contribution is 0.114. The van der Waals surface area contributed by atoms with Gasteiger partial charge >= 0.3 is 0 Å². The summed E-state index contributed by atoms with van der Waals surface area (Å²) >= 11 is 1.25. The van der Waals surface area contributed by atoms with E-state index in [1.54, 1.807) is 6.07 Å². The van der Waals surface area contributed by atoms with Crippen molar-refractivity contribution in [3.8, 4) is 0 Å². The second kappa shape index (κ2) is 8.80. The van der Waals surface area contributed by atoms with Gasteiger partial charge in [-0.05, 0) is 31.9 Å². The Labute approximate surface area is 148 Å². The van der Waals surface area contributed by atoms with Crippen LogP contribution in [0.4, 0.5) is 0 Å². The van der Waals surface area contributed by atoms with Crippen LogP contribution in [0.2, 0.25) is 0 Å². The van der Waals surface area contributed by atoms with Gasteiger partial charge in [0.2, 0.25) is 0 Å². The second-order valence-electron chi connectivity index (χ2n) is 5.72. The largest absolute Gasteiger partial charge is 0.376 e. The number of ether oxygens (including phenoxy) is 1. The molecule has 0 amide bonds. The fraction of sp³-hybridized carbons (Fsp3) is 0.667. The summed E-state index contributed by atoms with van der Waals surface area (Å²) in [5.41, 5.74) is 0. The zero-order chi connectivity index (χ0) is 17.6. The van der Waals surface area contributed by atoms with Gasteiger partial charge in [-0.3, -0.25) is 0 Å². The lowest BCUT2D eigenvalue weighted by Gasteiger charge is -2.14. The summed E-state index contributed by atoms with van der Waals surface area (Å²) in [6.07, 6.45) is 2.42. The minimum atomic E-state index is -3.37. The van der Waals surface area contributed by atoms with Crippen LogP contribution in [0, 0.1) is 0 Å². The Morgan fingerprint density at radius 1 is 1.42 bits per heavy atom. The van der Waals surface area contributed by atoms with Crippen LogP contribution < -0.4 is 10.6 Å². The first-order chi connectivity index (χ1) is 11.4. The van der Waals surface area contributed by atoms with Gasteiger partial charge in [0.15, 0.2) is 5.96 Å². The molecule has 1 atom stereocenters. The van der Waals surface area contributed by atoms with Gasteiger partial charge < -0.3 is 15.4 Å². The molecule has 2 heterocycles. The van der Waals surface area contributed by atoms with Crippen molar-refractivity contribution in [3.05, 3.63) is 17.0 Å². The summed E-state index contributed by atoms with van der Waals surface area (Å²) < 4.78 is 31.4. The Kier molecular flexibility index (Phi) is 7.02. The molecule has 1 aliphatic rings. The first kappa shape index (κ1) is 19.2. The van der Waals surface area contributed by atoms with Crippen LogP contribution in [0.1, 0.15) is 24.6 Å². The number of hydrogen-bond donors (Lipinski definition) is 2. The van der Waals surface area contributed by atoms with Crippen LogP contribution >= 0.6 is 11.3 Å². The van der Waals surface area contributed by atoms with Crippen LogP contribution in [-0.2, 0) is 21.3 Å². The van der Waals surface area contributed by atoms with Crippen LogP contribution in [-0.4, -0.2) is 58.6 Å². The predicted molar refractivity (Wildman–Crippen MR) is 97.0 cm³/mol. The molecule has 0 saturated carbocycles. The molecule has 1 unspecified atom stereocenters. The van der Waals surface area contributed by atoms with E-state index < -0.39 is 10.0 Å². The van der Waals surface area contributed by atoms with Gasteiger partial charge in [-0.2, -0.15) is 0 Å². The maximum atomic E-state index is 12.1. The summed E-state index contributed by atoms with van der Waals surface area (Å²) in [6.45, 7) is 4.78. The number of thiophene rings is 1. The molecule has 24 heavy (non-hydrogen) atoms. The minimum Gasteiger partial charge on any atom is -0.376 e. The standard InChI is InChI=1S/C15H26N4O3S2/c1-4-16-15(17-10-12-6-5-9-22-12)18-11-13-7-8-14(23-13)24(20,21)19(2)3/h7-8,12H,4-6,9-11H2,1-3H3,(H2,16,17,18). The molecule has 0 aromatic carbocycles. The fourth-order valence-electron chi connectivity index (χ4n) is 2.28. The van der Waals surface area contributed by atoms with Crippen molar-refractivity contribution in [1.82, 2.24) is 14.9 Å². The van der Waals surface area contributed by atoms with E-state index in [1.165, 1.54) is 29.7 Å². The summed E-state index contributed by atoms with van der Waals surface area (Å²) in [7, 11) is -0.305. The highest BCUT2D eigenvalue weighted by Gasteiger charge is 2.19. The van der Waals surface area contributed by atoms with Gasteiger partial charge in [-0.15, -0.1) is 11.3 Å². The highest BCUT2D eigenvalue weighted by atomic mass is 32.2. The van der Waals surface area contributed by atoms with Gasteiger partial charge in [0.25, 0.3) is 10.0 Å². The summed E-state index contributed by atoms with van der Waals surface area (Å²) in [5.74, 6) is 0.721. The average molecular weight is 375 g/mol. The molecule has 1 aromatic heterocycles. The molecule has 1 saturated heterocycles. The molecule has 9 heteroatoms. The molecule has 0 radical (unpaired) electrons. The maximum Gasteiger partial charge on any atom is 0.252 e. The summed E-state index contributed by atoms with van der Waals surface area (Å²) in [6, 6.07) is 3.45. The zero-order valence-corrected chi connectivity index (χ0v) is 16.0. The van der Waals surface area contributed by atoms with Crippen molar-refractivity contribution in [3.63, 3.8) is 0 Å². The third-order valence-electron chi connectivity index (χ3n) is 3.63. The van der Waals surface area contributed by atoms with E-state index in [2.05, 4.69) is 15.6 Å². The zero-order valence-electron chi connectivity index (χ0n) is 14.4. The molecule has 1 fully saturated rings. The van der Waals surface area contributed by atoms with Crippen molar-refractivity contribution in [2.75, 3.05) is 33.8 Å². The average Bonchev–Trinajstić information content (AvgIpc) is 3.21. The van der Waals surface area contributed by atoms with Crippen LogP contribution in [0.5, 0.6) is 0 Å². The number of rotatable bonds is 7. The minimum absolute atomic E-state index is 0.243. The van der Waals surface area contributed by atoms with E-state index in [0.29, 0.717) is 10.8 Å². The Morgan fingerprint density at radius 3 is 2.83 bits per heavy atom. The predicted octanol–water partition coefficient (Wildman–Crippen LogP) is 1.23. The molecule has 2 N–H and O–H groups in total. The first-order valence-corrected chi connectivity index (χ1v) is 10.3. The van der Waals surface area contributed by atoms with Gasteiger partial charge in [0.1, 0.15) is 4.21 Å². The third kappa shape index (κ3) is 5.17. The summed E-state index contributed by atoms with van der Waals surface area (Å²) in [5, 5.41) is 6.47. The highest BCUT2D eigenvalue weighted by Crippen LogP contribution is 2.24. The molecular formula is C15H26N4O3S2. The van der Waals surface area contributed by atoms with Crippen LogP contribution in [0.15, 0.2) is 21.3 Å². The van der Waals surface area contributed by atoms with Gasteiger partial charge in [-0.1, -0.05) is 0 Å². The number of guanidine groups is 1. The fourth-order valence-corrected chi connectivity index (χ4v) is 4.73. The SMILES string of the molecule is CCNC(=NCc1ccc(S(=O)(=O)N(C)C)s1)NCC1CCCO1. The molecule has 0 spiro atoms. The van der Waals surface area contributed by atoms with Crippen molar-refractivity contribution in [1.29, 1.82) is 0 Å². The van der Waals surface area contributed by atoms with Crippen LogP contribution in [0.25, 0.3) is 0 Å². The maximum absolute atomic E-state index is 12.1. The lowest BCUT2D eigenvalue weighted by atomic mass is 10.2. The molecule has 7 nitrogen and oxygen atoms in total. The Bertz CT molecular complexity index is 649. The lowest BCUT2D eigenvalue weighted by Crippen LogP contribution is -2.41. The Balaban J connectivity index is 1.96. The van der Waals surface area contributed by atoms with E-state index in [1.807, 2.05) is 13.0 Å². The molecule has 0 bridgehead atoms. The molecular weight excluding hydrogens is 348 g/mol. The first-order valence-electron chi connectivity index (χ1n) is 8.08. The van der Waals surface area contributed by atoms with Crippen molar-refractivity contribution in [2.24, 2.45) is 4.99 Å². The molecule has 0 aliphatic carbocycles. The van der Waals surface area contributed by atoms with Crippen molar-refractivity contribution < 1.29 is 13.2 Å². The molecule has 2 rings (SSSR count). The summed E-state index contributed by atoms with van der Waals surface area (Å²) in [4.78, 5) is 5.43. The van der Waals surface area contributed by atoms with Gasteiger partial charge in [0.05, 0.1) is 12.6 Å². The topological polar surface area (TPSA) is 83.0 Å². The van der Waals surface area contributed by atoms with E-state index in [4.69, 9.17) is 4.74 Å². The Morgan fingerprint density at radius 2 is 2.21 bits per heavy atom.